The van der Waals surface area contributed by atoms with E-state index in [1.165, 1.54) is 43.4 Å². The van der Waals surface area contributed by atoms with Gasteiger partial charge in [0.1, 0.15) is 13.1 Å². The van der Waals surface area contributed by atoms with Gasteiger partial charge < -0.3 is 14.4 Å². The standard InChI is InChI=1S/C15H27NO3/c17-15(13-16-8-11-18-12-9-16)19-10-4-7-14-5-2-1-3-6-14/h14H,1-13H2/p+1. The first-order valence-corrected chi connectivity index (χ1v) is 7.91. The van der Waals surface area contributed by atoms with Gasteiger partial charge in [-0.1, -0.05) is 32.1 Å². The van der Waals surface area contributed by atoms with Gasteiger partial charge in [-0.25, -0.2) is 4.79 Å². The molecule has 1 N–H and O–H groups in total. The van der Waals surface area contributed by atoms with Crippen molar-refractivity contribution in [1.29, 1.82) is 0 Å². The predicted molar refractivity (Wildman–Crippen MR) is 73.2 cm³/mol. The lowest BCUT2D eigenvalue weighted by Gasteiger charge is -2.23. The molecule has 0 aromatic rings. The maximum absolute atomic E-state index is 11.7. The Kier molecular flexibility index (Phi) is 6.65. The second-order valence-electron chi connectivity index (χ2n) is 5.91. The predicted octanol–water partition coefficient (Wildman–Crippen LogP) is 0.805. The second kappa shape index (κ2) is 8.54. The Bertz CT molecular complexity index is 258. The van der Waals surface area contributed by atoms with Gasteiger partial charge in [0.05, 0.1) is 19.8 Å². The van der Waals surface area contributed by atoms with E-state index in [1.54, 1.807) is 0 Å². The van der Waals surface area contributed by atoms with Crippen LogP contribution in [0, 0.1) is 5.92 Å². The third kappa shape index (κ3) is 5.91. The van der Waals surface area contributed by atoms with Gasteiger partial charge in [0, 0.05) is 0 Å². The molecule has 0 amide bonds. The van der Waals surface area contributed by atoms with Crippen molar-refractivity contribution in [3.05, 3.63) is 0 Å². The summed E-state index contributed by atoms with van der Waals surface area (Å²) in [6.07, 6.45) is 9.23. The Labute approximate surface area is 116 Å². The minimum absolute atomic E-state index is 0.0412. The number of esters is 1. The summed E-state index contributed by atoms with van der Waals surface area (Å²) in [5, 5.41) is 0. The second-order valence-corrected chi connectivity index (χ2v) is 5.91. The highest BCUT2D eigenvalue weighted by molar-refractivity contribution is 5.70. The molecule has 0 aromatic carbocycles. The minimum Gasteiger partial charge on any atom is -0.462 e. The molecule has 0 radical (unpaired) electrons. The largest absolute Gasteiger partial charge is 0.462 e. The van der Waals surface area contributed by atoms with Crippen LogP contribution >= 0.6 is 0 Å². The van der Waals surface area contributed by atoms with Crippen molar-refractivity contribution in [3.8, 4) is 0 Å². The van der Waals surface area contributed by atoms with Crippen molar-refractivity contribution in [2.75, 3.05) is 39.5 Å². The quantitative estimate of drug-likeness (QED) is 0.573. The lowest BCUT2D eigenvalue weighted by molar-refractivity contribution is -0.900. The van der Waals surface area contributed by atoms with Crippen LogP contribution in [0.15, 0.2) is 0 Å². The molecule has 0 unspecified atom stereocenters. The molecule has 1 aliphatic heterocycles. The summed E-state index contributed by atoms with van der Waals surface area (Å²) < 4.78 is 10.6. The summed E-state index contributed by atoms with van der Waals surface area (Å²) in [7, 11) is 0. The summed E-state index contributed by atoms with van der Waals surface area (Å²) in [4.78, 5) is 13.0. The van der Waals surface area contributed by atoms with Crippen LogP contribution < -0.4 is 4.90 Å². The highest BCUT2D eigenvalue weighted by Gasteiger charge is 2.18. The third-order valence-corrected chi connectivity index (χ3v) is 4.34. The Balaban J connectivity index is 1.48. The summed E-state index contributed by atoms with van der Waals surface area (Å²) in [5.41, 5.74) is 0. The fraction of sp³-hybridized carbons (Fsp3) is 0.933. The van der Waals surface area contributed by atoms with Crippen molar-refractivity contribution >= 4 is 5.97 Å². The molecule has 110 valence electrons. The third-order valence-electron chi connectivity index (χ3n) is 4.34. The fourth-order valence-electron chi connectivity index (χ4n) is 3.13. The van der Waals surface area contributed by atoms with Gasteiger partial charge in [-0.05, 0) is 18.8 Å². The molecule has 0 spiro atoms. The van der Waals surface area contributed by atoms with Gasteiger partial charge in [0.2, 0.25) is 0 Å². The van der Waals surface area contributed by atoms with Crippen LogP contribution in [-0.4, -0.2) is 45.4 Å². The summed E-state index contributed by atoms with van der Waals surface area (Å²) in [6, 6.07) is 0. The van der Waals surface area contributed by atoms with Crippen LogP contribution in [0.4, 0.5) is 0 Å². The number of hydrogen-bond donors (Lipinski definition) is 1. The number of hydrogen-bond acceptors (Lipinski definition) is 3. The molecule has 0 bridgehead atoms. The molecule has 0 atom stereocenters. The van der Waals surface area contributed by atoms with Gasteiger partial charge in [-0.3, -0.25) is 0 Å². The zero-order chi connectivity index (χ0) is 13.3. The number of carbonyl (C=O) groups is 1. The molecule has 2 aliphatic rings. The molecule has 2 rings (SSSR count). The van der Waals surface area contributed by atoms with E-state index in [0.29, 0.717) is 13.2 Å². The Morgan fingerprint density at radius 3 is 2.63 bits per heavy atom. The number of morpholine rings is 1. The minimum atomic E-state index is -0.0412. The smallest absolute Gasteiger partial charge is 0.361 e. The first-order chi connectivity index (χ1) is 9.34. The molecule has 4 heteroatoms. The fourth-order valence-corrected chi connectivity index (χ4v) is 3.13. The van der Waals surface area contributed by atoms with Gasteiger partial charge in [0.25, 0.3) is 0 Å². The molecular formula is C15H28NO3+. The summed E-state index contributed by atoms with van der Waals surface area (Å²) in [5.74, 6) is 0.845. The lowest BCUT2D eigenvalue weighted by atomic mass is 9.86. The average molecular weight is 270 g/mol. The molecule has 2 fully saturated rings. The first-order valence-electron chi connectivity index (χ1n) is 7.91. The Morgan fingerprint density at radius 2 is 1.89 bits per heavy atom. The van der Waals surface area contributed by atoms with Crippen molar-refractivity contribution in [2.24, 2.45) is 5.92 Å². The highest BCUT2D eigenvalue weighted by atomic mass is 16.5. The monoisotopic (exact) mass is 270 g/mol. The van der Waals surface area contributed by atoms with Crippen LogP contribution in [0.1, 0.15) is 44.9 Å². The normalized spacial score (nSPS) is 22.3. The van der Waals surface area contributed by atoms with Crippen molar-refractivity contribution < 1.29 is 19.2 Å². The van der Waals surface area contributed by atoms with E-state index >= 15 is 0 Å². The summed E-state index contributed by atoms with van der Waals surface area (Å²) in [6.45, 7) is 4.51. The number of ether oxygens (including phenoxy) is 2. The molecule has 1 saturated carbocycles. The molecule has 1 heterocycles. The maximum Gasteiger partial charge on any atom is 0.361 e. The molecule has 1 saturated heterocycles. The molecular weight excluding hydrogens is 242 g/mol. The lowest BCUT2D eigenvalue weighted by Crippen LogP contribution is -3.15. The number of rotatable bonds is 6. The topological polar surface area (TPSA) is 40.0 Å². The molecule has 0 aromatic heterocycles. The van der Waals surface area contributed by atoms with Gasteiger partial charge in [-0.2, -0.15) is 0 Å². The summed E-state index contributed by atoms with van der Waals surface area (Å²) >= 11 is 0. The first kappa shape index (κ1) is 14.8. The van der Waals surface area contributed by atoms with Crippen LogP contribution in [0.3, 0.4) is 0 Å². The number of quaternary nitrogens is 1. The Hall–Kier alpha value is -0.610. The molecule has 19 heavy (non-hydrogen) atoms. The van der Waals surface area contributed by atoms with E-state index < -0.39 is 0 Å². The van der Waals surface area contributed by atoms with Crippen molar-refractivity contribution in [2.45, 2.75) is 44.9 Å². The van der Waals surface area contributed by atoms with E-state index in [-0.39, 0.29) is 5.97 Å². The van der Waals surface area contributed by atoms with E-state index in [1.807, 2.05) is 0 Å². The van der Waals surface area contributed by atoms with E-state index in [4.69, 9.17) is 9.47 Å². The van der Waals surface area contributed by atoms with Crippen LogP contribution in [0.2, 0.25) is 0 Å². The van der Waals surface area contributed by atoms with Gasteiger partial charge in [-0.15, -0.1) is 0 Å². The van der Waals surface area contributed by atoms with E-state index in [0.717, 1.165) is 38.6 Å². The molecule has 4 nitrogen and oxygen atoms in total. The van der Waals surface area contributed by atoms with Gasteiger partial charge >= 0.3 is 5.97 Å². The average Bonchev–Trinajstić information content (AvgIpc) is 2.46. The van der Waals surface area contributed by atoms with Crippen molar-refractivity contribution in [1.82, 2.24) is 0 Å². The van der Waals surface area contributed by atoms with E-state index in [2.05, 4.69) is 0 Å². The Morgan fingerprint density at radius 1 is 1.16 bits per heavy atom. The van der Waals surface area contributed by atoms with E-state index in [9.17, 15) is 4.79 Å². The maximum atomic E-state index is 11.7. The number of carbonyl (C=O) groups excluding carboxylic acids is 1. The van der Waals surface area contributed by atoms with Crippen LogP contribution in [-0.2, 0) is 14.3 Å². The molecule has 1 aliphatic carbocycles. The SMILES string of the molecule is O=C(C[NH+]1CCOCC1)OCCCC1CCCCC1. The zero-order valence-electron chi connectivity index (χ0n) is 12.0. The van der Waals surface area contributed by atoms with Crippen LogP contribution in [0.25, 0.3) is 0 Å². The zero-order valence-corrected chi connectivity index (χ0v) is 12.0. The van der Waals surface area contributed by atoms with Gasteiger partial charge in [0.15, 0.2) is 6.54 Å². The number of nitrogens with one attached hydrogen (secondary N) is 1. The van der Waals surface area contributed by atoms with Crippen LogP contribution in [0.5, 0.6) is 0 Å². The van der Waals surface area contributed by atoms with Crippen molar-refractivity contribution in [3.63, 3.8) is 0 Å². The highest BCUT2D eigenvalue weighted by Crippen LogP contribution is 2.27.